The van der Waals surface area contributed by atoms with E-state index in [1.165, 1.54) is 18.3 Å². The van der Waals surface area contributed by atoms with Crippen molar-refractivity contribution in [2.75, 3.05) is 6.61 Å². The van der Waals surface area contributed by atoms with Gasteiger partial charge in [0.2, 0.25) is 11.7 Å². The van der Waals surface area contributed by atoms with Crippen LogP contribution >= 0.6 is 11.3 Å². The molecule has 0 bridgehead atoms. The lowest BCUT2D eigenvalue weighted by Crippen LogP contribution is -2.18. The number of hydrogen-bond donors (Lipinski definition) is 1. The topological polar surface area (TPSA) is 72.5 Å². The summed E-state index contributed by atoms with van der Waals surface area (Å²) in [6.45, 7) is 5.32. The minimum Gasteiger partial charge on any atom is -0.454 e. The molecular formula is C18H19NO4S. The molecule has 5 nitrogen and oxygen atoms in total. The third-order valence-corrected chi connectivity index (χ3v) is 4.37. The summed E-state index contributed by atoms with van der Waals surface area (Å²) >= 11 is 1.28. The van der Waals surface area contributed by atoms with Crippen molar-refractivity contribution in [3.05, 3.63) is 56.8 Å². The van der Waals surface area contributed by atoms with E-state index in [1.54, 1.807) is 24.3 Å². The number of thiophene rings is 1. The normalized spacial score (nSPS) is 10.3. The van der Waals surface area contributed by atoms with Crippen LogP contribution in [0.2, 0.25) is 0 Å². The molecule has 0 fully saturated rings. The standard InChI is InChI=1S/C18H19NO4S/c1-11-6-12(2)8-14(7-11)18(22)23-10-16(21)17-5-4-15(24-17)9-19-13(3)20/h4-8H,9-10H2,1-3H3,(H,19,20). The molecule has 0 saturated carbocycles. The summed E-state index contributed by atoms with van der Waals surface area (Å²) in [4.78, 5) is 36.4. The Morgan fingerprint density at radius 3 is 2.38 bits per heavy atom. The molecule has 0 saturated heterocycles. The smallest absolute Gasteiger partial charge is 0.338 e. The van der Waals surface area contributed by atoms with Crippen molar-refractivity contribution in [1.82, 2.24) is 5.32 Å². The van der Waals surface area contributed by atoms with Gasteiger partial charge in [-0.1, -0.05) is 17.2 Å². The third kappa shape index (κ3) is 5.03. The van der Waals surface area contributed by atoms with Crippen molar-refractivity contribution in [2.45, 2.75) is 27.3 Å². The number of amides is 1. The molecule has 1 aromatic carbocycles. The second-order valence-corrected chi connectivity index (χ2v) is 6.72. The number of rotatable bonds is 6. The highest BCUT2D eigenvalue weighted by molar-refractivity contribution is 7.14. The Labute approximate surface area is 144 Å². The predicted molar refractivity (Wildman–Crippen MR) is 92.4 cm³/mol. The van der Waals surface area contributed by atoms with E-state index in [2.05, 4.69) is 5.32 Å². The molecule has 0 spiro atoms. The maximum atomic E-state index is 12.1. The van der Waals surface area contributed by atoms with Gasteiger partial charge in [-0.3, -0.25) is 9.59 Å². The Morgan fingerprint density at radius 2 is 1.75 bits per heavy atom. The average Bonchev–Trinajstić information content (AvgIpc) is 2.98. The second-order valence-electron chi connectivity index (χ2n) is 5.55. The van der Waals surface area contributed by atoms with Crippen LogP contribution in [0.3, 0.4) is 0 Å². The third-order valence-electron chi connectivity index (χ3n) is 3.24. The van der Waals surface area contributed by atoms with E-state index in [0.29, 0.717) is 17.0 Å². The minimum atomic E-state index is -0.509. The number of ketones is 1. The number of carbonyl (C=O) groups excluding carboxylic acids is 3. The molecule has 0 atom stereocenters. The highest BCUT2D eigenvalue weighted by Gasteiger charge is 2.14. The fraction of sp³-hybridized carbons (Fsp3) is 0.278. The first-order valence-electron chi connectivity index (χ1n) is 7.47. The highest BCUT2D eigenvalue weighted by atomic mass is 32.1. The van der Waals surface area contributed by atoms with E-state index in [4.69, 9.17) is 4.74 Å². The summed E-state index contributed by atoms with van der Waals surface area (Å²) in [6.07, 6.45) is 0. The molecule has 6 heteroatoms. The average molecular weight is 345 g/mol. The van der Waals surface area contributed by atoms with Gasteiger partial charge < -0.3 is 10.1 Å². The first-order chi connectivity index (χ1) is 11.3. The van der Waals surface area contributed by atoms with Crippen molar-refractivity contribution in [2.24, 2.45) is 0 Å². The molecule has 1 N–H and O–H groups in total. The first-order valence-corrected chi connectivity index (χ1v) is 8.28. The van der Waals surface area contributed by atoms with E-state index in [9.17, 15) is 14.4 Å². The van der Waals surface area contributed by atoms with Gasteiger partial charge in [-0.25, -0.2) is 4.79 Å². The minimum absolute atomic E-state index is 0.126. The Bertz CT molecular complexity index is 759. The molecule has 1 amide bonds. The number of benzene rings is 1. The Morgan fingerprint density at radius 1 is 1.08 bits per heavy atom. The fourth-order valence-corrected chi connectivity index (χ4v) is 3.08. The highest BCUT2D eigenvalue weighted by Crippen LogP contribution is 2.17. The molecule has 0 radical (unpaired) electrons. The molecule has 24 heavy (non-hydrogen) atoms. The van der Waals surface area contributed by atoms with Gasteiger partial charge in [0.1, 0.15) is 0 Å². The lowest BCUT2D eigenvalue weighted by Gasteiger charge is -2.05. The van der Waals surface area contributed by atoms with Crippen LogP contribution in [0.25, 0.3) is 0 Å². The summed E-state index contributed by atoms with van der Waals surface area (Å²) in [5.74, 6) is -0.893. The predicted octanol–water partition coefficient (Wildman–Crippen LogP) is 3.04. The van der Waals surface area contributed by atoms with Crippen LogP contribution in [-0.4, -0.2) is 24.3 Å². The summed E-state index contributed by atoms with van der Waals surface area (Å²) in [6, 6.07) is 8.88. The van der Waals surface area contributed by atoms with Crippen LogP contribution in [0.5, 0.6) is 0 Å². The van der Waals surface area contributed by atoms with Gasteiger partial charge in [0.15, 0.2) is 6.61 Å². The van der Waals surface area contributed by atoms with Gasteiger partial charge in [-0.05, 0) is 38.1 Å². The molecule has 0 aliphatic rings. The van der Waals surface area contributed by atoms with Crippen molar-refractivity contribution < 1.29 is 19.1 Å². The molecule has 0 unspecified atom stereocenters. The number of Topliss-reactive ketones (excluding diaryl/α,β-unsaturated/α-hetero) is 1. The number of aryl methyl sites for hydroxylation is 2. The van der Waals surface area contributed by atoms with Crippen LogP contribution in [0.15, 0.2) is 30.3 Å². The van der Waals surface area contributed by atoms with Crippen molar-refractivity contribution >= 4 is 29.0 Å². The van der Waals surface area contributed by atoms with Gasteiger partial charge in [-0.2, -0.15) is 0 Å². The van der Waals surface area contributed by atoms with Gasteiger partial charge in [0.05, 0.1) is 17.0 Å². The zero-order valence-corrected chi connectivity index (χ0v) is 14.7. The Hall–Kier alpha value is -2.47. The van der Waals surface area contributed by atoms with Crippen LogP contribution in [-0.2, 0) is 16.1 Å². The maximum absolute atomic E-state index is 12.1. The lowest BCUT2D eigenvalue weighted by molar-refractivity contribution is -0.119. The van der Waals surface area contributed by atoms with Crippen LogP contribution in [0.4, 0.5) is 0 Å². The summed E-state index contributed by atoms with van der Waals surface area (Å²) in [5, 5.41) is 2.67. The van der Waals surface area contributed by atoms with Gasteiger partial charge in [0.25, 0.3) is 0 Å². The van der Waals surface area contributed by atoms with Crippen LogP contribution in [0.1, 0.15) is 43.0 Å². The van der Waals surface area contributed by atoms with Crippen LogP contribution < -0.4 is 5.32 Å². The second kappa shape index (κ2) is 7.88. The quantitative estimate of drug-likeness (QED) is 0.645. The number of carbonyl (C=O) groups is 3. The summed E-state index contributed by atoms with van der Waals surface area (Å²) in [5.41, 5.74) is 2.38. The Kier molecular flexibility index (Phi) is 5.87. The maximum Gasteiger partial charge on any atom is 0.338 e. The number of esters is 1. The van der Waals surface area contributed by atoms with E-state index in [1.807, 2.05) is 19.9 Å². The largest absolute Gasteiger partial charge is 0.454 e. The molecule has 126 valence electrons. The van der Waals surface area contributed by atoms with E-state index in [0.717, 1.165) is 16.0 Å². The van der Waals surface area contributed by atoms with Crippen molar-refractivity contribution in [1.29, 1.82) is 0 Å². The Balaban J connectivity index is 1.92. The van der Waals surface area contributed by atoms with Crippen molar-refractivity contribution in [3.63, 3.8) is 0 Å². The number of ether oxygens (including phenoxy) is 1. The monoisotopic (exact) mass is 345 g/mol. The molecule has 0 aliphatic heterocycles. The molecule has 0 aliphatic carbocycles. The number of hydrogen-bond acceptors (Lipinski definition) is 5. The van der Waals surface area contributed by atoms with Crippen LogP contribution in [0, 0.1) is 13.8 Å². The van der Waals surface area contributed by atoms with Gasteiger partial charge in [-0.15, -0.1) is 11.3 Å². The SMILES string of the molecule is CC(=O)NCc1ccc(C(=O)COC(=O)c2cc(C)cc(C)c2)s1. The molecule has 1 aromatic heterocycles. The zero-order valence-electron chi connectivity index (χ0n) is 13.8. The lowest BCUT2D eigenvalue weighted by atomic mass is 10.1. The van der Waals surface area contributed by atoms with E-state index in [-0.39, 0.29) is 18.3 Å². The number of nitrogens with one attached hydrogen (secondary N) is 1. The molecule has 2 rings (SSSR count). The van der Waals surface area contributed by atoms with E-state index < -0.39 is 5.97 Å². The van der Waals surface area contributed by atoms with Crippen molar-refractivity contribution in [3.8, 4) is 0 Å². The molecule has 2 aromatic rings. The van der Waals surface area contributed by atoms with Gasteiger partial charge >= 0.3 is 5.97 Å². The summed E-state index contributed by atoms with van der Waals surface area (Å²) < 4.78 is 5.11. The zero-order chi connectivity index (χ0) is 17.7. The molecule has 1 heterocycles. The molecular weight excluding hydrogens is 326 g/mol. The van der Waals surface area contributed by atoms with Gasteiger partial charge in [0, 0.05) is 11.8 Å². The van der Waals surface area contributed by atoms with E-state index >= 15 is 0 Å². The fourth-order valence-electron chi connectivity index (χ4n) is 2.21. The first kappa shape index (κ1) is 17.9. The summed E-state index contributed by atoms with van der Waals surface area (Å²) in [7, 11) is 0.